The highest BCUT2D eigenvalue weighted by molar-refractivity contribution is 6.24. The third-order valence-corrected chi connectivity index (χ3v) is 4.70. The molecular weight excluding hydrogens is 388 g/mol. The number of carbonyl (C=O) groups excluding carboxylic acids is 4. The summed E-state index contributed by atoms with van der Waals surface area (Å²) < 4.78 is 56.8. The normalized spacial score (nSPS) is 25.0. The zero-order valence-corrected chi connectivity index (χ0v) is 14.4. The summed E-state index contributed by atoms with van der Waals surface area (Å²) >= 11 is 0. The Morgan fingerprint density at radius 1 is 1.25 bits per heavy atom. The van der Waals surface area contributed by atoms with Crippen LogP contribution in [0, 0.1) is 11.7 Å². The van der Waals surface area contributed by atoms with Gasteiger partial charge in [-0.05, 0) is 12.1 Å². The number of hydrogen-bond acceptors (Lipinski definition) is 4. The van der Waals surface area contributed by atoms with E-state index in [9.17, 15) is 36.7 Å². The van der Waals surface area contributed by atoms with Gasteiger partial charge in [0.1, 0.15) is 5.82 Å². The summed E-state index contributed by atoms with van der Waals surface area (Å²) in [4.78, 5) is 49.7. The average Bonchev–Trinajstić information content (AvgIpc) is 2.92. The molecule has 28 heavy (non-hydrogen) atoms. The number of benzene rings is 1. The molecule has 1 aromatic carbocycles. The minimum absolute atomic E-state index is 0.407. The molecule has 2 N–H and O–H groups in total. The van der Waals surface area contributed by atoms with Gasteiger partial charge in [0.25, 0.3) is 11.4 Å². The van der Waals surface area contributed by atoms with Gasteiger partial charge in [0.05, 0.1) is 19.7 Å². The van der Waals surface area contributed by atoms with Crippen molar-refractivity contribution in [3.05, 3.63) is 35.6 Å². The molecule has 2 aliphatic rings. The molecular formula is C16H13F4N4O4+. The van der Waals surface area contributed by atoms with E-state index in [4.69, 9.17) is 0 Å². The van der Waals surface area contributed by atoms with E-state index in [0.717, 1.165) is 26.2 Å². The van der Waals surface area contributed by atoms with E-state index in [1.54, 1.807) is 0 Å². The zero-order chi connectivity index (χ0) is 21.0. The number of imide groups is 1. The maximum atomic E-state index is 14.1. The van der Waals surface area contributed by atoms with E-state index < -0.39 is 58.6 Å². The molecule has 0 radical (unpaired) electrons. The van der Waals surface area contributed by atoms with Gasteiger partial charge < -0.3 is 5.32 Å². The lowest BCUT2D eigenvalue weighted by atomic mass is 9.82. The van der Waals surface area contributed by atoms with E-state index in [1.807, 2.05) is 5.32 Å². The Kier molecular flexibility index (Phi) is 4.24. The van der Waals surface area contributed by atoms with Crippen molar-refractivity contribution in [1.82, 2.24) is 15.5 Å². The van der Waals surface area contributed by atoms with Crippen LogP contribution in [-0.4, -0.2) is 64.9 Å². The Labute approximate surface area is 154 Å². The molecule has 148 valence electrons. The van der Waals surface area contributed by atoms with Crippen molar-refractivity contribution in [2.75, 3.05) is 14.1 Å². The van der Waals surface area contributed by atoms with Crippen LogP contribution in [0.15, 0.2) is 24.3 Å². The summed E-state index contributed by atoms with van der Waals surface area (Å²) in [6.07, 6.45) is -5.44. The number of rotatable bonds is 2. The van der Waals surface area contributed by atoms with Crippen LogP contribution in [0.3, 0.4) is 0 Å². The second-order valence-corrected chi connectivity index (χ2v) is 6.25. The van der Waals surface area contributed by atoms with Crippen molar-refractivity contribution >= 4 is 29.6 Å². The number of amidine groups is 1. The lowest BCUT2D eigenvalue weighted by Gasteiger charge is -2.34. The average molecular weight is 401 g/mol. The molecule has 12 heteroatoms. The molecule has 1 aromatic rings. The molecule has 5 amide bonds. The lowest BCUT2D eigenvalue weighted by Crippen LogP contribution is -2.70. The van der Waals surface area contributed by atoms with Gasteiger partial charge in [-0.1, -0.05) is 12.1 Å². The van der Waals surface area contributed by atoms with Gasteiger partial charge in [-0.3, -0.25) is 14.4 Å². The summed E-state index contributed by atoms with van der Waals surface area (Å²) in [6.45, 7) is 0. The first-order valence-electron chi connectivity index (χ1n) is 7.80. The monoisotopic (exact) mass is 401 g/mol. The van der Waals surface area contributed by atoms with Crippen LogP contribution < -0.4 is 10.6 Å². The smallest absolute Gasteiger partial charge is 0.328 e. The van der Waals surface area contributed by atoms with Crippen LogP contribution in [0.25, 0.3) is 0 Å². The fourth-order valence-electron chi connectivity index (χ4n) is 3.20. The minimum atomic E-state index is -5.44. The maximum absolute atomic E-state index is 14.1. The molecule has 1 saturated heterocycles. The predicted molar refractivity (Wildman–Crippen MR) is 83.6 cm³/mol. The van der Waals surface area contributed by atoms with Crippen LogP contribution in [0.5, 0.6) is 0 Å². The Morgan fingerprint density at radius 2 is 1.86 bits per heavy atom. The van der Waals surface area contributed by atoms with Gasteiger partial charge in [0, 0.05) is 0 Å². The fourth-order valence-corrected chi connectivity index (χ4v) is 3.20. The van der Waals surface area contributed by atoms with Gasteiger partial charge in [0.2, 0.25) is 5.84 Å². The predicted octanol–water partition coefficient (Wildman–Crippen LogP) is 0.235. The van der Waals surface area contributed by atoms with Crippen molar-refractivity contribution in [3.63, 3.8) is 0 Å². The quantitative estimate of drug-likeness (QED) is 0.548. The first-order valence-corrected chi connectivity index (χ1v) is 7.80. The number of fused-ring (bicyclic) bond motifs is 1. The van der Waals surface area contributed by atoms with E-state index in [1.165, 1.54) is 17.4 Å². The highest BCUT2D eigenvalue weighted by Gasteiger charge is 2.77. The molecule has 8 nitrogen and oxygen atoms in total. The zero-order valence-electron chi connectivity index (χ0n) is 14.4. The molecule has 2 atom stereocenters. The number of halogens is 4. The van der Waals surface area contributed by atoms with Crippen molar-refractivity contribution < 1.29 is 41.3 Å². The number of urea groups is 1. The van der Waals surface area contributed by atoms with Crippen LogP contribution in [0.2, 0.25) is 0 Å². The van der Waals surface area contributed by atoms with Gasteiger partial charge >= 0.3 is 24.0 Å². The first kappa shape index (κ1) is 19.5. The Bertz CT molecular complexity index is 958. The molecule has 0 aliphatic carbocycles. The van der Waals surface area contributed by atoms with Crippen molar-refractivity contribution in [2.45, 2.75) is 11.7 Å². The van der Waals surface area contributed by atoms with E-state index in [0.29, 0.717) is 9.48 Å². The summed E-state index contributed by atoms with van der Waals surface area (Å²) in [6, 6.07) is 3.26. The van der Waals surface area contributed by atoms with Gasteiger partial charge in [-0.2, -0.15) is 18.1 Å². The molecule has 1 fully saturated rings. The third-order valence-electron chi connectivity index (χ3n) is 4.70. The maximum Gasteiger partial charge on any atom is 0.445 e. The second kappa shape index (κ2) is 6.11. The number of amides is 5. The summed E-state index contributed by atoms with van der Waals surface area (Å²) in [5.74, 6) is -8.65. The number of carbonyl (C=O) groups is 4. The van der Waals surface area contributed by atoms with E-state index in [-0.39, 0.29) is 0 Å². The Morgan fingerprint density at radius 3 is 2.43 bits per heavy atom. The van der Waals surface area contributed by atoms with Crippen LogP contribution >= 0.6 is 0 Å². The molecule has 2 unspecified atom stereocenters. The molecule has 2 aliphatic heterocycles. The molecule has 2 heterocycles. The van der Waals surface area contributed by atoms with E-state index >= 15 is 0 Å². The van der Waals surface area contributed by atoms with Crippen LogP contribution in [-0.2, 0) is 9.59 Å². The number of hydrogen-bond donors (Lipinski definition) is 2. The van der Waals surface area contributed by atoms with Crippen molar-refractivity contribution in [1.29, 1.82) is 0 Å². The van der Waals surface area contributed by atoms with Crippen molar-refractivity contribution in [3.8, 4) is 0 Å². The molecule has 0 aromatic heterocycles. The number of nitrogens with zero attached hydrogens (tertiary/aromatic N) is 2. The SMILES string of the molecule is CN1C(=O)C2C(=[N+](C)C1=O)NC(=O)C2(NC(=O)c1ccccc1F)C(F)(F)F. The van der Waals surface area contributed by atoms with E-state index in [2.05, 4.69) is 0 Å². The minimum Gasteiger partial charge on any atom is -0.328 e. The largest absolute Gasteiger partial charge is 0.445 e. The number of alkyl halides is 3. The lowest BCUT2D eigenvalue weighted by molar-refractivity contribution is -0.409. The van der Waals surface area contributed by atoms with Gasteiger partial charge in [0.15, 0.2) is 5.92 Å². The Hall–Kier alpha value is -3.31. The summed E-state index contributed by atoms with van der Waals surface area (Å²) in [5, 5.41) is 3.37. The number of nitrogens with one attached hydrogen (secondary N) is 2. The third kappa shape index (κ3) is 2.47. The second-order valence-electron chi connectivity index (χ2n) is 6.25. The summed E-state index contributed by atoms with van der Waals surface area (Å²) in [7, 11) is 2.01. The van der Waals surface area contributed by atoms with Crippen LogP contribution in [0.1, 0.15) is 10.4 Å². The van der Waals surface area contributed by atoms with Crippen molar-refractivity contribution in [2.24, 2.45) is 5.92 Å². The highest BCUT2D eigenvalue weighted by Crippen LogP contribution is 2.42. The van der Waals surface area contributed by atoms with Crippen LogP contribution in [0.4, 0.5) is 22.4 Å². The molecule has 0 spiro atoms. The topological polar surface area (TPSA) is 98.6 Å². The molecule has 0 bridgehead atoms. The molecule has 3 rings (SSSR count). The Balaban J connectivity index is 2.19. The van der Waals surface area contributed by atoms with Gasteiger partial charge in [-0.15, -0.1) is 0 Å². The highest BCUT2D eigenvalue weighted by atomic mass is 19.4. The standard InChI is InChI=1S/C16H12F4N4O4/c1-23-10-9(12(26)24(2)14(23)28)15(13(27)21-10,16(18,19)20)22-11(25)7-5-3-4-6-8(7)17/h3-6,9H,1-2H3,(H,22,25)/p+1. The molecule has 0 saturated carbocycles. The fraction of sp³-hybridized carbons (Fsp3) is 0.312. The summed E-state index contributed by atoms with van der Waals surface area (Å²) in [5.41, 5.74) is -4.46. The van der Waals surface area contributed by atoms with Gasteiger partial charge in [-0.25, -0.2) is 19.1 Å². The first-order chi connectivity index (χ1) is 12.9.